The van der Waals surface area contributed by atoms with Crippen molar-refractivity contribution >= 4 is 16.9 Å². The molecule has 0 radical (unpaired) electrons. The van der Waals surface area contributed by atoms with Crippen LogP contribution in [0.5, 0.6) is 0 Å². The van der Waals surface area contributed by atoms with Gasteiger partial charge in [0.2, 0.25) is 0 Å². The van der Waals surface area contributed by atoms with Crippen molar-refractivity contribution in [1.29, 1.82) is 0 Å². The highest BCUT2D eigenvalue weighted by Crippen LogP contribution is 2.32. The molecule has 1 aliphatic rings. The summed E-state index contributed by atoms with van der Waals surface area (Å²) >= 11 is 0. The number of rotatable bonds is 4. The second-order valence-corrected chi connectivity index (χ2v) is 6.58. The van der Waals surface area contributed by atoms with Crippen LogP contribution < -0.4 is 5.56 Å². The van der Waals surface area contributed by atoms with E-state index in [0.717, 1.165) is 36.1 Å². The van der Waals surface area contributed by atoms with Gasteiger partial charge in [0.05, 0.1) is 17.1 Å². The van der Waals surface area contributed by atoms with Gasteiger partial charge in [0.25, 0.3) is 11.5 Å². The Bertz CT molecular complexity index is 973. The molecule has 1 unspecified atom stereocenters. The van der Waals surface area contributed by atoms with Gasteiger partial charge in [0.15, 0.2) is 0 Å². The number of fused-ring (bicyclic) bond motifs is 1. The van der Waals surface area contributed by atoms with E-state index in [1.807, 2.05) is 31.2 Å². The van der Waals surface area contributed by atoms with Gasteiger partial charge in [0.1, 0.15) is 11.5 Å². The molecular formula is C19H21N5O2. The lowest BCUT2D eigenvalue weighted by atomic mass is 10.2. The lowest BCUT2D eigenvalue weighted by molar-refractivity contribution is 0.0721. The van der Waals surface area contributed by atoms with Gasteiger partial charge >= 0.3 is 0 Å². The molecule has 4 rings (SSSR count). The molecule has 0 aliphatic carbocycles. The zero-order valence-corrected chi connectivity index (χ0v) is 14.7. The summed E-state index contributed by atoms with van der Waals surface area (Å²) in [4.78, 5) is 34.7. The van der Waals surface area contributed by atoms with E-state index in [9.17, 15) is 9.59 Å². The van der Waals surface area contributed by atoms with E-state index in [1.54, 1.807) is 4.90 Å². The third kappa shape index (κ3) is 2.89. The van der Waals surface area contributed by atoms with E-state index >= 15 is 0 Å². The maximum atomic E-state index is 13.0. The Morgan fingerprint density at radius 3 is 2.92 bits per heavy atom. The van der Waals surface area contributed by atoms with Crippen LogP contribution >= 0.6 is 0 Å². The highest BCUT2D eigenvalue weighted by Gasteiger charge is 2.33. The maximum Gasteiger partial charge on any atom is 0.274 e. The van der Waals surface area contributed by atoms with Crippen LogP contribution in [0.2, 0.25) is 0 Å². The molecule has 0 saturated carbocycles. The summed E-state index contributed by atoms with van der Waals surface area (Å²) in [6, 6.07) is 10.7. The monoisotopic (exact) mass is 351 g/mol. The summed E-state index contributed by atoms with van der Waals surface area (Å²) in [5.41, 5.74) is 1.99. The van der Waals surface area contributed by atoms with Gasteiger partial charge in [-0.3, -0.25) is 9.59 Å². The lowest BCUT2D eigenvalue weighted by Gasteiger charge is -2.23. The highest BCUT2D eigenvalue weighted by molar-refractivity contribution is 5.92. The van der Waals surface area contributed by atoms with Crippen LogP contribution in [0.3, 0.4) is 0 Å². The average molecular weight is 351 g/mol. The molecule has 3 heterocycles. The number of benzene rings is 1. The van der Waals surface area contributed by atoms with Crippen LogP contribution in [0.4, 0.5) is 0 Å². The van der Waals surface area contributed by atoms with Crippen LogP contribution in [-0.4, -0.2) is 37.1 Å². The number of aromatic amines is 1. The fraction of sp³-hybridized carbons (Fsp3) is 0.368. The van der Waals surface area contributed by atoms with Gasteiger partial charge in [-0.1, -0.05) is 19.1 Å². The number of imidazole rings is 1. The number of para-hydroxylation sites is 2. The Morgan fingerprint density at radius 1 is 1.27 bits per heavy atom. The molecule has 0 bridgehead atoms. The van der Waals surface area contributed by atoms with Crippen molar-refractivity contribution in [3.8, 4) is 0 Å². The summed E-state index contributed by atoms with van der Waals surface area (Å²) in [7, 11) is 0. The standard InChI is InChI=1S/C19H21N5O2/c1-2-11-24-17(25)10-9-15(22-24)19(26)23-12-5-8-16(23)18-20-13-6-3-4-7-14(13)21-18/h3-4,6-7,9-10,16H,2,5,8,11-12H2,1H3,(H,20,21). The van der Waals surface area contributed by atoms with Gasteiger partial charge < -0.3 is 9.88 Å². The molecule has 2 aromatic heterocycles. The SMILES string of the molecule is CCCn1nc(C(=O)N2CCCC2c2nc3ccccc3[nH]2)ccc1=O. The van der Waals surface area contributed by atoms with Crippen LogP contribution in [-0.2, 0) is 6.54 Å². The molecule has 1 N–H and O–H groups in total. The van der Waals surface area contributed by atoms with Crippen molar-refractivity contribution in [3.63, 3.8) is 0 Å². The number of amides is 1. The number of carbonyl (C=O) groups excluding carboxylic acids is 1. The first-order valence-corrected chi connectivity index (χ1v) is 9.01. The zero-order valence-electron chi connectivity index (χ0n) is 14.7. The zero-order chi connectivity index (χ0) is 18.1. The molecule has 0 spiro atoms. The molecule has 1 amide bonds. The first-order valence-electron chi connectivity index (χ1n) is 9.01. The van der Waals surface area contributed by atoms with E-state index < -0.39 is 0 Å². The third-order valence-corrected chi connectivity index (χ3v) is 4.76. The molecule has 7 heteroatoms. The van der Waals surface area contributed by atoms with Crippen molar-refractivity contribution in [3.05, 3.63) is 58.3 Å². The topological polar surface area (TPSA) is 83.9 Å². The Hall–Kier alpha value is -2.96. The Morgan fingerprint density at radius 2 is 2.12 bits per heavy atom. The van der Waals surface area contributed by atoms with E-state index in [1.165, 1.54) is 16.8 Å². The van der Waals surface area contributed by atoms with Crippen LogP contribution in [0.25, 0.3) is 11.0 Å². The van der Waals surface area contributed by atoms with Gasteiger partial charge in [-0.15, -0.1) is 0 Å². The molecular weight excluding hydrogens is 330 g/mol. The lowest BCUT2D eigenvalue weighted by Crippen LogP contribution is -2.34. The Balaban J connectivity index is 1.64. The minimum absolute atomic E-state index is 0.0942. The number of hydrogen-bond donors (Lipinski definition) is 1. The molecule has 7 nitrogen and oxygen atoms in total. The molecule has 134 valence electrons. The fourth-order valence-corrected chi connectivity index (χ4v) is 3.51. The minimum atomic E-state index is -0.182. The number of nitrogens with one attached hydrogen (secondary N) is 1. The quantitative estimate of drug-likeness (QED) is 0.783. The van der Waals surface area contributed by atoms with E-state index in [-0.39, 0.29) is 17.5 Å². The molecule has 1 aliphatic heterocycles. The Kier molecular flexibility index (Phi) is 4.28. The smallest absolute Gasteiger partial charge is 0.274 e. The number of aromatic nitrogens is 4. The van der Waals surface area contributed by atoms with Crippen molar-refractivity contribution in [2.24, 2.45) is 0 Å². The average Bonchev–Trinajstić information content (AvgIpc) is 3.29. The van der Waals surface area contributed by atoms with Gasteiger partial charge in [-0.2, -0.15) is 5.10 Å². The summed E-state index contributed by atoms with van der Waals surface area (Å²) in [5, 5.41) is 4.26. The summed E-state index contributed by atoms with van der Waals surface area (Å²) in [6.45, 7) is 3.14. The van der Waals surface area contributed by atoms with Gasteiger partial charge in [0, 0.05) is 19.2 Å². The molecule has 3 aromatic rings. The number of H-pyrrole nitrogens is 1. The van der Waals surface area contributed by atoms with Crippen LogP contribution in [0, 0.1) is 0 Å². The number of hydrogen-bond acceptors (Lipinski definition) is 4. The maximum absolute atomic E-state index is 13.0. The number of likely N-dealkylation sites (tertiary alicyclic amines) is 1. The molecule has 26 heavy (non-hydrogen) atoms. The van der Waals surface area contributed by atoms with Crippen molar-refractivity contribution in [1.82, 2.24) is 24.6 Å². The predicted molar refractivity (Wildman–Crippen MR) is 97.9 cm³/mol. The van der Waals surface area contributed by atoms with Crippen molar-refractivity contribution in [2.45, 2.75) is 38.8 Å². The van der Waals surface area contributed by atoms with Gasteiger partial charge in [-0.05, 0) is 37.5 Å². The molecule has 1 atom stereocenters. The molecule has 1 saturated heterocycles. The normalized spacial score (nSPS) is 17.1. The number of carbonyl (C=O) groups is 1. The summed E-state index contributed by atoms with van der Waals surface area (Å²) in [5.74, 6) is 0.650. The van der Waals surface area contributed by atoms with E-state index in [2.05, 4.69) is 15.1 Å². The van der Waals surface area contributed by atoms with Crippen LogP contribution in [0.15, 0.2) is 41.2 Å². The van der Waals surface area contributed by atoms with E-state index in [4.69, 9.17) is 0 Å². The fourth-order valence-electron chi connectivity index (χ4n) is 3.51. The number of nitrogens with zero attached hydrogens (tertiary/aromatic N) is 4. The molecule has 1 aromatic carbocycles. The first-order chi connectivity index (χ1) is 12.7. The van der Waals surface area contributed by atoms with Crippen molar-refractivity contribution < 1.29 is 4.79 Å². The predicted octanol–water partition coefficient (Wildman–Crippen LogP) is 2.51. The third-order valence-electron chi connectivity index (χ3n) is 4.76. The highest BCUT2D eigenvalue weighted by atomic mass is 16.2. The summed E-state index contributed by atoms with van der Waals surface area (Å²) < 4.78 is 1.36. The first kappa shape index (κ1) is 16.5. The molecule has 1 fully saturated rings. The largest absolute Gasteiger partial charge is 0.340 e. The second-order valence-electron chi connectivity index (χ2n) is 6.58. The van der Waals surface area contributed by atoms with Gasteiger partial charge in [-0.25, -0.2) is 9.67 Å². The Labute approximate surface area is 150 Å². The summed E-state index contributed by atoms with van der Waals surface area (Å²) in [6.07, 6.45) is 2.57. The van der Waals surface area contributed by atoms with E-state index in [0.29, 0.717) is 18.8 Å². The second kappa shape index (κ2) is 6.74. The van der Waals surface area contributed by atoms with Crippen LogP contribution in [0.1, 0.15) is 48.5 Å². The number of aryl methyl sites for hydroxylation is 1. The minimum Gasteiger partial charge on any atom is -0.340 e. The van der Waals surface area contributed by atoms with Crippen molar-refractivity contribution in [2.75, 3.05) is 6.54 Å².